The molecular formula is C12H15ClN4O3. The van der Waals surface area contributed by atoms with Gasteiger partial charge in [0.15, 0.2) is 17.2 Å². The molecule has 0 spiro atoms. The van der Waals surface area contributed by atoms with Gasteiger partial charge in [0.25, 0.3) is 5.71 Å². The molecule has 0 saturated carbocycles. The Morgan fingerprint density at radius 3 is 2.80 bits per heavy atom. The predicted molar refractivity (Wildman–Crippen MR) is 74.3 cm³/mol. The molecule has 3 rings (SSSR count). The monoisotopic (exact) mass is 298 g/mol. The fourth-order valence-corrected chi connectivity index (χ4v) is 2.49. The Bertz CT molecular complexity index is 657. The maximum absolute atomic E-state index is 11.3. The van der Waals surface area contributed by atoms with E-state index in [9.17, 15) is 9.90 Å². The molecule has 1 saturated heterocycles. The number of rotatable bonds is 2. The summed E-state index contributed by atoms with van der Waals surface area (Å²) in [6, 6.07) is -0.547. The molecule has 1 aliphatic heterocycles. The lowest BCUT2D eigenvalue weighted by atomic mass is 10.2. The third-order valence-electron chi connectivity index (χ3n) is 3.27. The molecule has 0 bridgehead atoms. The van der Waals surface area contributed by atoms with Crippen LogP contribution >= 0.6 is 12.4 Å². The van der Waals surface area contributed by atoms with Crippen LogP contribution in [0.2, 0.25) is 0 Å². The first-order chi connectivity index (χ1) is 9.06. The summed E-state index contributed by atoms with van der Waals surface area (Å²) < 4.78 is 5.41. The molecule has 20 heavy (non-hydrogen) atoms. The number of oxazole rings is 1. The minimum Gasteiger partial charge on any atom is -0.480 e. The van der Waals surface area contributed by atoms with E-state index in [4.69, 9.17) is 4.42 Å². The van der Waals surface area contributed by atoms with Crippen molar-refractivity contribution in [2.24, 2.45) is 0 Å². The van der Waals surface area contributed by atoms with Crippen molar-refractivity contribution in [3.63, 3.8) is 0 Å². The molecule has 7 nitrogen and oxygen atoms in total. The zero-order valence-corrected chi connectivity index (χ0v) is 12.0. The Labute approximate surface area is 121 Å². The topological polar surface area (TPSA) is 92.4 Å². The predicted octanol–water partition coefficient (Wildman–Crippen LogP) is 1.71. The second-order valence-electron chi connectivity index (χ2n) is 4.67. The number of hydrogen-bond acceptors (Lipinski definition) is 6. The first-order valence-corrected chi connectivity index (χ1v) is 6.17. The highest BCUT2D eigenvalue weighted by Gasteiger charge is 2.33. The summed E-state index contributed by atoms with van der Waals surface area (Å²) >= 11 is 0. The number of aliphatic carboxylic acids is 1. The van der Waals surface area contributed by atoms with E-state index in [2.05, 4.69) is 15.0 Å². The second-order valence-corrected chi connectivity index (χ2v) is 4.67. The molecule has 8 heteroatoms. The van der Waals surface area contributed by atoms with Gasteiger partial charge in [-0.15, -0.1) is 12.4 Å². The number of carbonyl (C=O) groups is 1. The van der Waals surface area contributed by atoms with Crippen LogP contribution in [0.25, 0.3) is 11.2 Å². The fourth-order valence-electron chi connectivity index (χ4n) is 2.49. The van der Waals surface area contributed by atoms with E-state index in [0.29, 0.717) is 41.7 Å². The van der Waals surface area contributed by atoms with Crippen molar-refractivity contribution in [1.82, 2.24) is 15.0 Å². The minimum absolute atomic E-state index is 0. The molecule has 0 radical (unpaired) electrons. The Hall–Kier alpha value is -1.89. The largest absolute Gasteiger partial charge is 0.480 e. The maximum Gasteiger partial charge on any atom is 0.326 e. The lowest BCUT2D eigenvalue weighted by Crippen LogP contribution is -2.36. The van der Waals surface area contributed by atoms with Gasteiger partial charge < -0.3 is 14.4 Å². The highest BCUT2D eigenvalue weighted by Crippen LogP contribution is 2.30. The Kier molecular flexibility index (Phi) is 3.80. The smallest absolute Gasteiger partial charge is 0.326 e. The van der Waals surface area contributed by atoms with Gasteiger partial charge in [0.1, 0.15) is 11.9 Å². The van der Waals surface area contributed by atoms with Crippen LogP contribution in [-0.4, -0.2) is 38.6 Å². The molecule has 0 aromatic carbocycles. The summed E-state index contributed by atoms with van der Waals surface area (Å²) in [4.78, 5) is 25.9. The molecule has 2 aromatic heterocycles. The Balaban J connectivity index is 0.00000147. The number of fused-ring (bicyclic) bond motifs is 1. The first-order valence-electron chi connectivity index (χ1n) is 6.17. The molecule has 2 aromatic rings. The lowest BCUT2D eigenvalue weighted by Gasteiger charge is -2.22. The molecule has 0 amide bonds. The summed E-state index contributed by atoms with van der Waals surface area (Å²) in [6.45, 7) is 4.15. The van der Waals surface area contributed by atoms with Crippen molar-refractivity contribution in [3.8, 4) is 0 Å². The van der Waals surface area contributed by atoms with Crippen molar-refractivity contribution >= 4 is 35.4 Å². The average molecular weight is 299 g/mol. The van der Waals surface area contributed by atoms with Crippen molar-refractivity contribution < 1.29 is 14.3 Å². The average Bonchev–Trinajstić information content (AvgIpc) is 2.92. The van der Waals surface area contributed by atoms with E-state index in [-0.39, 0.29) is 12.4 Å². The normalized spacial score (nSPS) is 18.3. The molecule has 108 valence electrons. The van der Waals surface area contributed by atoms with Gasteiger partial charge in [-0.05, 0) is 19.8 Å². The van der Waals surface area contributed by atoms with Crippen LogP contribution in [0.4, 0.5) is 5.82 Å². The fraction of sp³-hybridized carbons (Fsp3) is 0.500. The van der Waals surface area contributed by atoms with Gasteiger partial charge in [-0.3, -0.25) is 0 Å². The second kappa shape index (κ2) is 5.24. The maximum atomic E-state index is 11.3. The van der Waals surface area contributed by atoms with Crippen LogP contribution in [0.1, 0.15) is 24.6 Å². The molecule has 1 aliphatic rings. The zero-order valence-electron chi connectivity index (χ0n) is 11.2. The van der Waals surface area contributed by atoms with E-state index in [0.717, 1.165) is 6.42 Å². The number of carboxylic acid groups (broad SMARTS) is 1. The first kappa shape index (κ1) is 14.5. The van der Waals surface area contributed by atoms with Crippen molar-refractivity contribution in [1.29, 1.82) is 0 Å². The van der Waals surface area contributed by atoms with Crippen LogP contribution in [0.15, 0.2) is 4.42 Å². The van der Waals surface area contributed by atoms with E-state index >= 15 is 0 Å². The number of anilines is 1. The zero-order chi connectivity index (χ0) is 13.6. The van der Waals surface area contributed by atoms with Gasteiger partial charge in [0, 0.05) is 13.5 Å². The number of halogens is 1. The molecule has 3 heterocycles. The molecule has 0 unspecified atom stereocenters. The van der Waals surface area contributed by atoms with Gasteiger partial charge >= 0.3 is 5.97 Å². The number of nitrogens with zero attached hydrogens (tertiary/aromatic N) is 4. The molecule has 1 fully saturated rings. The quantitative estimate of drug-likeness (QED) is 0.902. The highest BCUT2D eigenvalue weighted by molar-refractivity contribution is 5.86. The van der Waals surface area contributed by atoms with E-state index in [1.807, 2.05) is 0 Å². The van der Waals surface area contributed by atoms with Gasteiger partial charge in [-0.1, -0.05) is 0 Å². The number of aromatic nitrogens is 3. The number of carboxylic acids is 1. The lowest BCUT2D eigenvalue weighted by molar-refractivity contribution is -0.138. The summed E-state index contributed by atoms with van der Waals surface area (Å²) in [7, 11) is 0. The van der Waals surface area contributed by atoms with E-state index in [1.165, 1.54) is 0 Å². The molecular weight excluding hydrogens is 284 g/mol. The van der Waals surface area contributed by atoms with Crippen LogP contribution < -0.4 is 4.90 Å². The van der Waals surface area contributed by atoms with Crippen LogP contribution in [-0.2, 0) is 4.79 Å². The number of aryl methyl sites for hydroxylation is 2. The number of hydrogen-bond donors (Lipinski definition) is 1. The van der Waals surface area contributed by atoms with Crippen molar-refractivity contribution in [2.45, 2.75) is 32.7 Å². The Morgan fingerprint density at radius 2 is 2.10 bits per heavy atom. The standard InChI is InChI=1S/C12H14N4O3.ClH/c1-6-13-10(9-11(14-6)19-7(2)15-9)16-5-3-4-8(16)12(17)18;/h8H,3-5H2,1-2H3,(H,17,18);1H/t8-;/m0./s1. The van der Waals surface area contributed by atoms with Crippen LogP contribution in [0.5, 0.6) is 0 Å². The Morgan fingerprint density at radius 1 is 1.35 bits per heavy atom. The minimum atomic E-state index is -0.831. The van der Waals surface area contributed by atoms with Crippen LogP contribution in [0, 0.1) is 13.8 Å². The van der Waals surface area contributed by atoms with E-state index < -0.39 is 12.0 Å². The van der Waals surface area contributed by atoms with Crippen LogP contribution in [0.3, 0.4) is 0 Å². The summed E-state index contributed by atoms with van der Waals surface area (Å²) in [6.07, 6.45) is 1.45. The van der Waals surface area contributed by atoms with Crippen molar-refractivity contribution in [3.05, 3.63) is 11.7 Å². The molecule has 1 atom stereocenters. The third kappa shape index (κ3) is 2.29. The van der Waals surface area contributed by atoms with Gasteiger partial charge in [-0.25, -0.2) is 14.8 Å². The summed E-state index contributed by atoms with van der Waals surface area (Å²) in [5.41, 5.74) is 0.951. The third-order valence-corrected chi connectivity index (χ3v) is 3.27. The highest BCUT2D eigenvalue weighted by atomic mass is 35.5. The van der Waals surface area contributed by atoms with Gasteiger partial charge in [0.05, 0.1) is 0 Å². The summed E-state index contributed by atoms with van der Waals surface area (Å²) in [5, 5.41) is 9.26. The van der Waals surface area contributed by atoms with E-state index in [1.54, 1.807) is 18.7 Å². The van der Waals surface area contributed by atoms with Crippen molar-refractivity contribution in [2.75, 3.05) is 11.4 Å². The molecule has 0 aliphatic carbocycles. The van der Waals surface area contributed by atoms with Gasteiger partial charge in [0.2, 0.25) is 0 Å². The van der Waals surface area contributed by atoms with Gasteiger partial charge in [-0.2, -0.15) is 4.98 Å². The molecule has 1 N–H and O–H groups in total. The summed E-state index contributed by atoms with van der Waals surface area (Å²) in [5.74, 6) is 0.781. The SMILES string of the molecule is Cc1nc(N2CCC[C@H]2C(=O)O)c2nc(C)oc2n1.Cl.